The lowest BCUT2D eigenvalue weighted by Crippen LogP contribution is -2.16. The Hall–Kier alpha value is -1.00. The van der Waals surface area contributed by atoms with Crippen molar-refractivity contribution in [2.45, 2.75) is 113 Å². The van der Waals surface area contributed by atoms with Gasteiger partial charge in [0, 0.05) is 11.1 Å². The molecule has 2 nitrogen and oxygen atoms in total. The molecule has 0 fully saturated rings. The predicted molar refractivity (Wildman–Crippen MR) is 162 cm³/mol. The van der Waals surface area contributed by atoms with Crippen LogP contribution in [-0.4, -0.2) is 14.2 Å². The van der Waals surface area contributed by atoms with Gasteiger partial charge in [0.05, 0.1) is 23.9 Å². The molecule has 2 aromatic rings. The van der Waals surface area contributed by atoms with Crippen LogP contribution < -0.4 is 9.47 Å². The third-order valence-corrected chi connectivity index (χ3v) is 10.3. The standard InChI is InChI=1S/C32H46Br2O2/c1-31(2,3)23-17-21-15-13-11-9-10-12-14-16-22-18-24(32(4,5)6)20-26(30(22)36-8)28(34)27(33)25(19-23)29(21)35-7/h17-20,27-28H,9-16H2,1-8H3. The maximum Gasteiger partial charge on any atom is 0.126 e. The topological polar surface area (TPSA) is 18.5 Å². The molecular formula is C32H46Br2O2. The van der Waals surface area contributed by atoms with Gasteiger partial charge in [-0.2, -0.15) is 0 Å². The first-order valence-corrected chi connectivity index (χ1v) is 15.4. The van der Waals surface area contributed by atoms with E-state index in [0.717, 1.165) is 24.3 Å². The Morgan fingerprint density at radius 3 is 1.22 bits per heavy atom. The first kappa shape index (κ1) is 29.6. The van der Waals surface area contributed by atoms with Crippen LogP contribution in [0.2, 0.25) is 0 Å². The summed E-state index contributed by atoms with van der Waals surface area (Å²) in [5, 5.41) is 0. The summed E-state index contributed by atoms with van der Waals surface area (Å²) in [6.07, 6.45) is 9.64. The molecule has 1 aliphatic carbocycles. The number of halogens is 2. The van der Waals surface area contributed by atoms with Crippen LogP contribution >= 0.6 is 31.9 Å². The molecule has 0 amide bonds. The summed E-state index contributed by atoms with van der Waals surface area (Å²) in [6, 6.07) is 9.46. The summed E-state index contributed by atoms with van der Waals surface area (Å²) >= 11 is 8.25. The third kappa shape index (κ3) is 6.90. The van der Waals surface area contributed by atoms with Gasteiger partial charge in [-0.05, 0) is 58.8 Å². The molecule has 0 N–H and O–H groups in total. The Kier molecular flexibility index (Phi) is 10.0. The normalized spacial score (nSPS) is 20.2. The van der Waals surface area contributed by atoms with Crippen molar-refractivity contribution in [3.05, 3.63) is 57.6 Å². The van der Waals surface area contributed by atoms with E-state index in [2.05, 4.69) is 97.7 Å². The number of rotatable bonds is 2. The molecule has 0 aromatic heterocycles. The lowest BCUT2D eigenvalue weighted by atomic mass is 9.82. The first-order chi connectivity index (χ1) is 16.9. The molecule has 200 valence electrons. The molecule has 0 radical (unpaired) electrons. The van der Waals surface area contributed by atoms with E-state index in [1.54, 1.807) is 0 Å². The molecule has 0 saturated carbocycles. The van der Waals surface area contributed by atoms with Gasteiger partial charge in [0.1, 0.15) is 11.5 Å². The molecule has 0 saturated heterocycles. The Labute approximate surface area is 237 Å². The lowest BCUT2D eigenvalue weighted by molar-refractivity contribution is 0.397. The van der Waals surface area contributed by atoms with Gasteiger partial charge in [0.25, 0.3) is 0 Å². The van der Waals surface area contributed by atoms with Crippen molar-refractivity contribution in [1.29, 1.82) is 0 Å². The maximum atomic E-state index is 6.12. The maximum absolute atomic E-state index is 6.12. The highest BCUT2D eigenvalue weighted by atomic mass is 79.9. The van der Waals surface area contributed by atoms with Crippen molar-refractivity contribution in [3.63, 3.8) is 0 Å². The summed E-state index contributed by atoms with van der Waals surface area (Å²) in [6.45, 7) is 13.8. The third-order valence-electron chi connectivity index (χ3n) is 7.52. The number of hydrogen-bond donors (Lipinski definition) is 0. The number of ether oxygens (including phenoxy) is 2. The van der Waals surface area contributed by atoms with Gasteiger partial charge < -0.3 is 9.47 Å². The molecule has 2 aromatic carbocycles. The van der Waals surface area contributed by atoms with Crippen molar-refractivity contribution in [3.8, 4) is 11.5 Å². The molecule has 36 heavy (non-hydrogen) atoms. The second-order valence-corrected chi connectivity index (χ2v) is 14.4. The average molecular weight is 623 g/mol. The number of methoxy groups -OCH3 is 2. The first-order valence-electron chi connectivity index (χ1n) is 13.6. The van der Waals surface area contributed by atoms with Crippen LogP contribution in [0, 0.1) is 0 Å². The quantitative estimate of drug-likeness (QED) is 0.311. The summed E-state index contributed by atoms with van der Waals surface area (Å²) < 4.78 is 12.2. The van der Waals surface area contributed by atoms with E-state index in [1.165, 1.54) is 71.9 Å². The van der Waals surface area contributed by atoms with Gasteiger partial charge in [-0.25, -0.2) is 0 Å². The summed E-state index contributed by atoms with van der Waals surface area (Å²) in [7, 11) is 3.64. The summed E-state index contributed by atoms with van der Waals surface area (Å²) in [5.41, 5.74) is 7.89. The molecule has 1 aliphatic rings. The van der Waals surface area contributed by atoms with E-state index in [1.807, 2.05) is 14.2 Å². The summed E-state index contributed by atoms with van der Waals surface area (Å²) in [5.74, 6) is 2.04. The van der Waals surface area contributed by atoms with E-state index in [4.69, 9.17) is 9.47 Å². The van der Waals surface area contributed by atoms with Crippen LogP contribution in [0.1, 0.15) is 123 Å². The van der Waals surface area contributed by atoms with Crippen LogP contribution in [-0.2, 0) is 23.7 Å². The molecular weight excluding hydrogens is 576 g/mol. The fraction of sp³-hybridized carbons (Fsp3) is 0.625. The zero-order valence-electron chi connectivity index (χ0n) is 23.7. The zero-order valence-corrected chi connectivity index (χ0v) is 26.9. The van der Waals surface area contributed by atoms with E-state index >= 15 is 0 Å². The molecule has 3 rings (SSSR count). The molecule has 0 heterocycles. The van der Waals surface area contributed by atoms with Crippen molar-refractivity contribution in [2.24, 2.45) is 0 Å². The molecule has 4 bridgehead atoms. The van der Waals surface area contributed by atoms with Crippen LogP contribution in [0.25, 0.3) is 0 Å². The lowest BCUT2D eigenvalue weighted by Gasteiger charge is -2.29. The van der Waals surface area contributed by atoms with E-state index in [0.29, 0.717) is 0 Å². The number of fused-ring (bicyclic) bond motifs is 4. The number of hydrogen-bond acceptors (Lipinski definition) is 2. The Morgan fingerprint density at radius 1 is 0.583 bits per heavy atom. The summed E-state index contributed by atoms with van der Waals surface area (Å²) in [4.78, 5) is 0.0525. The van der Waals surface area contributed by atoms with Gasteiger partial charge >= 0.3 is 0 Å². The molecule has 2 atom stereocenters. The highest BCUT2D eigenvalue weighted by Gasteiger charge is 2.31. The second-order valence-electron chi connectivity index (χ2n) is 12.4. The van der Waals surface area contributed by atoms with Gasteiger partial charge in [-0.3, -0.25) is 0 Å². The monoisotopic (exact) mass is 620 g/mol. The minimum Gasteiger partial charge on any atom is -0.496 e. The van der Waals surface area contributed by atoms with Crippen molar-refractivity contribution >= 4 is 31.9 Å². The van der Waals surface area contributed by atoms with Crippen LogP contribution in [0.15, 0.2) is 24.3 Å². The molecule has 2 unspecified atom stereocenters. The Bertz CT molecular complexity index is 946. The Balaban J connectivity index is 2.25. The molecule has 4 heteroatoms. The van der Waals surface area contributed by atoms with Crippen molar-refractivity contribution in [2.75, 3.05) is 14.2 Å². The minimum atomic E-state index is 0.0263. The smallest absolute Gasteiger partial charge is 0.126 e. The van der Waals surface area contributed by atoms with Crippen molar-refractivity contribution in [1.82, 2.24) is 0 Å². The number of alkyl halides is 2. The Morgan fingerprint density at radius 2 is 0.917 bits per heavy atom. The van der Waals surface area contributed by atoms with Gasteiger partial charge in [0.15, 0.2) is 0 Å². The van der Waals surface area contributed by atoms with E-state index in [9.17, 15) is 0 Å². The molecule has 0 spiro atoms. The minimum absolute atomic E-state index is 0.0263. The zero-order chi connectivity index (χ0) is 26.7. The van der Waals surface area contributed by atoms with Crippen LogP contribution in [0.4, 0.5) is 0 Å². The van der Waals surface area contributed by atoms with Crippen LogP contribution in [0.3, 0.4) is 0 Å². The van der Waals surface area contributed by atoms with Crippen LogP contribution in [0.5, 0.6) is 11.5 Å². The SMILES string of the molecule is COc1c2cc(C(C)(C)C)cc1C(Br)C(Br)c1cc(C(C)(C)C)cc(c1OC)CCCCCCCC2. The highest BCUT2D eigenvalue weighted by molar-refractivity contribution is 9.12. The molecule has 0 aliphatic heterocycles. The van der Waals surface area contributed by atoms with E-state index < -0.39 is 0 Å². The van der Waals surface area contributed by atoms with Gasteiger partial charge in [-0.15, -0.1) is 0 Å². The highest BCUT2D eigenvalue weighted by Crippen LogP contribution is 2.51. The van der Waals surface area contributed by atoms with Crippen molar-refractivity contribution < 1.29 is 9.47 Å². The second kappa shape index (κ2) is 12.2. The fourth-order valence-corrected chi connectivity index (χ4v) is 6.47. The average Bonchev–Trinajstić information content (AvgIpc) is 2.81. The number of aryl methyl sites for hydroxylation is 2. The van der Waals surface area contributed by atoms with E-state index in [-0.39, 0.29) is 20.5 Å². The van der Waals surface area contributed by atoms with Gasteiger partial charge in [0.2, 0.25) is 0 Å². The predicted octanol–water partition coefficient (Wildman–Crippen LogP) is 10.3. The fourth-order valence-electron chi connectivity index (χ4n) is 5.23. The largest absolute Gasteiger partial charge is 0.496 e. The van der Waals surface area contributed by atoms with Gasteiger partial charge in [-0.1, -0.05) is 123 Å². The number of benzene rings is 2.